The van der Waals surface area contributed by atoms with E-state index in [1.165, 1.54) is 42.5 Å². The van der Waals surface area contributed by atoms with Gasteiger partial charge in [-0.05, 0) is 37.5 Å². The molecule has 1 amide bonds. The van der Waals surface area contributed by atoms with Crippen LogP contribution in [-0.4, -0.2) is 25.7 Å². The number of pyridine rings is 1. The molecule has 30 heavy (non-hydrogen) atoms. The number of nitrogens with zero attached hydrogens (tertiary/aromatic N) is 2. The SMILES string of the molecule is CCCn1c(=O)[nH]c(=O)c2cc(C(=O)Nc3ccccc3SC3CCCC3)cnc21. The molecule has 2 aromatic heterocycles. The molecule has 1 fully saturated rings. The lowest BCUT2D eigenvalue weighted by atomic mass is 10.2. The molecule has 0 saturated heterocycles. The zero-order valence-corrected chi connectivity index (χ0v) is 17.6. The molecule has 0 atom stereocenters. The Bertz CT molecular complexity index is 1190. The number of carbonyl (C=O) groups excluding carboxylic acids is 1. The van der Waals surface area contributed by atoms with Gasteiger partial charge in [-0.2, -0.15) is 0 Å². The summed E-state index contributed by atoms with van der Waals surface area (Å²) in [6, 6.07) is 9.26. The summed E-state index contributed by atoms with van der Waals surface area (Å²) in [7, 11) is 0. The maximum absolute atomic E-state index is 12.9. The Balaban J connectivity index is 1.63. The van der Waals surface area contributed by atoms with Crippen molar-refractivity contribution < 1.29 is 4.79 Å². The number of rotatable bonds is 6. The van der Waals surface area contributed by atoms with E-state index in [0.29, 0.717) is 17.4 Å². The molecule has 1 saturated carbocycles. The Hall–Kier alpha value is -2.87. The van der Waals surface area contributed by atoms with Crippen LogP contribution in [0.1, 0.15) is 49.4 Å². The largest absolute Gasteiger partial charge is 0.329 e. The minimum Gasteiger partial charge on any atom is -0.321 e. The number of fused-ring (bicyclic) bond motifs is 1. The molecule has 8 heteroatoms. The number of H-pyrrole nitrogens is 1. The second kappa shape index (κ2) is 8.87. The summed E-state index contributed by atoms with van der Waals surface area (Å²) in [5, 5.41) is 3.76. The fourth-order valence-electron chi connectivity index (χ4n) is 3.78. The van der Waals surface area contributed by atoms with E-state index in [4.69, 9.17) is 0 Å². The lowest BCUT2D eigenvalue weighted by Gasteiger charge is -2.14. The van der Waals surface area contributed by atoms with E-state index in [1.54, 1.807) is 11.8 Å². The quantitative estimate of drug-likeness (QED) is 0.628. The maximum Gasteiger partial charge on any atom is 0.329 e. The van der Waals surface area contributed by atoms with Gasteiger partial charge in [-0.15, -0.1) is 11.8 Å². The fraction of sp³-hybridized carbons (Fsp3) is 0.364. The summed E-state index contributed by atoms with van der Waals surface area (Å²) < 4.78 is 1.42. The normalized spacial score (nSPS) is 14.3. The van der Waals surface area contributed by atoms with Gasteiger partial charge >= 0.3 is 5.69 Å². The average Bonchev–Trinajstić information content (AvgIpc) is 3.25. The second-order valence-corrected chi connectivity index (χ2v) is 8.82. The van der Waals surface area contributed by atoms with Crippen LogP contribution in [-0.2, 0) is 6.54 Å². The Morgan fingerprint density at radius 1 is 1.27 bits per heavy atom. The van der Waals surface area contributed by atoms with Crippen molar-refractivity contribution >= 4 is 34.4 Å². The highest BCUT2D eigenvalue weighted by molar-refractivity contribution is 8.00. The van der Waals surface area contributed by atoms with Gasteiger partial charge in [0.15, 0.2) is 0 Å². The van der Waals surface area contributed by atoms with E-state index in [9.17, 15) is 14.4 Å². The molecule has 1 aliphatic carbocycles. The lowest BCUT2D eigenvalue weighted by Crippen LogP contribution is -2.31. The monoisotopic (exact) mass is 424 g/mol. The molecular weight excluding hydrogens is 400 g/mol. The highest BCUT2D eigenvalue weighted by atomic mass is 32.2. The topological polar surface area (TPSA) is 96.9 Å². The molecule has 4 rings (SSSR count). The van der Waals surface area contributed by atoms with Crippen LogP contribution in [0, 0.1) is 0 Å². The van der Waals surface area contributed by atoms with Gasteiger partial charge < -0.3 is 5.32 Å². The standard InChI is InChI=1S/C22H24N4O3S/c1-2-11-26-19-16(21(28)25-22(26)29)12-14(13-23-19)20(27)24-17-9-5-6-10-18(17)30-15-7-3-4-8-15/h5-6,9-10,12-13,15H,2-4,7-8,11H2,1H3,(H,24,27)(H,25,28,29). The van der Waals surface area contributed by atoms with Crippen molar-refractivity contribution in [2.75, 3.05) is 5.32 Å². The summed E-state index contributed by atoms with van der Waals surface area (Å²) >= 11 is 1.81. The first-order chi connectivity index (χ1) is 14.6. The number of aromatic amines is 1. The van der Waals surface area contributed by atoms with Gasteiger partial charge in [0.05, 0.1) is 16.6 Å². The Kier molecular flexibility index (Phi) is 6.03. The molecule has 156 valence electrons. The third-order valence-electron chi connectivity index (χ3n) is 5.27. The molecule has 0 aliphatic heterocycles. The second-order valence-electron chi connectivity index (χ2n) is 7.48. The molecule has 0 bridgehead atoms. The zero-order valence-electron chi connectivity index (χ0n) is 16.8. The molecule has 0 unspecified atom stereocenters. The minimum absolute atomic E-state index is 0.226. The Morgan fingerprint density at radius 3 is 2.80 bits per heavy atom. The van der Waals surface area contributed by atoms with Crippen molar-refractivity contribution in [1.82, 2.24) is 14.5 Å². The lowest BCUT2D eigenvalue weighted by molar-refractivity contribution is 0.102. The van der Waals surface area contributed by atoms with Crippen molar-refractivity contribution in [2.45, 2.75) is 55.7 Å². The Labute approximate surface area is 177 Å². The molecule has 2 heterocycles. The van der Waals surface area contributed by atoms with Crippen molar-refractivity contribution in [3.63, 3.8) is 0 Å². The van der Waals surface area contributed by atoms with Gasteiger partial charge in [0.25, 0.3) is 11.5 Å². The van der Waals surface area contributed by atoms with Crippen LogP contribution in [0.25, 0.3) is 11.0 Å². The van der Waals surface area contributed by atoms with Crippen molar-refractivity contribution in [3.8, 4) is 0 Å². The molecule has 2 N–H and O–H groups in total. The van der Waals surface area contributed by atoms with Crippen molar-refractivity contribution in [1.29, 1.82) is 0 Å². The van der Waals surface area contributed by atoms with E-state index >= 15 is 0 Å². The van der Waals surface area contributed by atoms with Crippen molar-refractivity contribution in [2.24, 2.45) is 0 Å². The van der Waals surface area contributed by atoms with Gasteiger partial charge in [0.1, 0.15) is 5.65 Å². The first kappa shape index (κ1) is 20.4. The summed E-state index contributed by atoms with van der Waals surface area (Å²) in [6.07, 6.45) is 7.04. The average molecular weight is 425 g/mol. The van der Waals surface area contributed by atoms with Crippen LogP contribution in [0.3, 0.4) is 0 Å². The summed E-state index contributed by atoms with van der Waals surface area (Å²) in [6.45, 7) is 2.38. The van der Waals surface area contributed by atoms with Crippen LogP contribution in [0.5, 0.6) is 0 Å². The molecule has 1 aromatic carbocycles. The van der Waals surface area contributed by atoms with E-state index in [0.717, 1.165) is 17.0 Å². The van der Waals surface area contributed by atoms with Crippen LogP contribution < -0.4 is 16.6 Å². The van der Waals surface area contributed by atoms with Gasteiger partial charge in [-0.3, -0.25) is 19.1 Å². The highest BCUT2D eigenvalue weighted by Gasteiger charge is 2.19. The molecule has 3 aromatic rings. The van der Waals surface area contributed by atoms with Gasteiger partial charge in [0, 0.05) is 22.9 Å². The summed E-state index contributed by atoms with van der Waals surface area (Å²) in [5.41, 5.74) is 0.290. The van der Waals surface area contributed by atoms with Crippen molar-refractivity contribution in [3.05, 3.63) is 62.9 Å². The maximum atomic E-state index is 12.9. The van der Waals surface area contributed by atoms with Gasteiger partial charge in [-0.1, -0.05) is 31.9 Å². The highest BCUT2D eigenvalue weighted by Crippen LogP contribution is 2.38. The van der Waals surface area contributed by atoms with E-state index in [1.807, 2.05) is 31.2 Å². The van der Waals surface area contributed by atoms with Crippen LogP contribution in [0.15, 0.2) is 51.0 Å². The summed E-state index contributed by atoms with van der Waals surface area (Å²) in [5.74, 6) is -0.337. The van der Waals surface area contributed by atoms with E-state index < -0.39 is 11.2 Å². The first-order valence-corrected chi connectivity index (χ1v) is 11.1. The number of amides is 1. The van der Waals surface area contributed by atoms with E-state index in [2.05, 4.69) is 15.3 Å². The minimum atomic E-state index is -0.540. The molecule has 0 spiro atoms. The third-order valence-corrected chi connectivity index (χ3v) is 6.69. The number of benzene rings is 1. The van der Waals surface area contributed by atoms with E-state index in [-0.39, 0.29) is 16.9 Å². The number of hydrogen-bond donors (Lipinski definition) is 2. The molecular formula is C22H24N4O3S. The number of aromatic nitrogens is 3. The molecule has 7 nitrogen and oxygen atoms in total. The summed E-state index contributed by atoms with van der Waals surface area (Å²) in [4.78, 5) is 44.9. The fourth-order valence-corrected chi connectivity index (χ4v) is 5.11. The molecule has 1 aliphatic rings. The number of para-hydroxylation sites is 1. The number of nitrogens with one attached hydrogen (secondary N) is 2. The van der Waals surface area contributed by atoms with Crippen LogP contribution in [0.4, 0.5) is 5.69 Å². The third kappa shape index (κ3) is 4.18. The number of carbonyl (C=O) groups is 1. The van der Waals surface area contributed by atoms with Gasteiger partial charge in [0.2, 0.25) is 0 Å². The Morgan fingerprint density at radius 2 is 2.03 bits per heavy atom. The predicted molar refractivity (Wildman–Crippen MR) is 119 cm³/mol. The number of thioether (sulfide) groups is 1. The van der Waals surface area contributed by atoms with Crippen LogP contribution in [0.2, 0.25) is 0 Å². The predicted octanol–water partition coefficient (Wildman–Crippen LogP) is 3.78. The number of hydrogen-bond acceptors (Lipinski definition) is 5. The molecule has 0 radical (unpaired) electrons. The zero-order chi connectivity index (χ0) is 21.1. The first-order valence-electron chi connectivity index (χ1n) is 10.3. The number of aryl methyl sites for hydroxylation is 1. The van der Waals surface area contributed by atoms with Crippen LogP contribution >= 0.6 is 11.8 Å². The number of anilines is 1. The smallest absolute Gasteiger partial charge is 0.321 e. The van der Waals surface area contributed by atoms with Gasteiger partial charge in [-0.25, -0.2) is 9.78 Å².